The molecule has 0 aliphatic carbocycles. The highest BCUT2D eigenvalue weighted by Gasteiger charge is 1.98. The molecule has 0 saturated carbocycles. The lowest BCUT2D eigenvalue weighted by Gasteiger charge is -2.04. The van der Waals surface area contributed by atoms with Crippen molar-refractivity contribution in [3.63, 3.8) is 0 Å². The third-order valence-electron chi connectivity index (χ3n) is 1.57. The topological polar surface area (TPSA) is 63.8 Å². The van der Waals surface area contributed by atoms with E-state index in [1.54, 1.807) is 6.07 Å². The van der Waals surface area contributed by atoms with Crippen molar-refractivity contribution in [2.75, 3.05) is 17.6 Å². The Kier molecular flexibility index (Phi) is 4.19. The molecule has 0 amide bonds. The fraction of sp³-hybridized carbons (Fsp3) is 0.333. The van der Waals surface area contributed by atoms with Crippen molar-refractivity contribution >= 4 is 23.4 Å². The van der Waals surface area contributed by atoms with E-state index in [0.717, 1.165) is 13.0 Å². The molecule has 1 aromatic rings. The molecule has 1 aromatic heterocycles. The molecular weight excluding hydrogens is 200 g/mol. The van der Waals surface area contributed by atoms with E-state index in [2.05, 4.69) is 21.4 Å². The summed E-state index contributed by atoms with van der Waals surface area (Å²) in [4.78, 5) is 7.74. The van der Waals surface area contributed by atoms with E-state index in [1.165, 1.54) is 0 Å². The second kappa shape index (κ2) is 5.44. The number of halogens is 1. The van der Waals surface area contributed by atoms with Crippen LogP contribution in [-0.2, 0) is 0 Å². The van der Waals surface area contributed by atoms with Gasteiger partial charge in [0.05, 0.1) is 0 Å². The largest absolute Gasteiger partial charge is 0.370 e. The van der Waals surface area contributed by atoms with Gasteiger partial charge in [0.25, 0.3) is 0 Å². The van der Waals surface area contributed by atoms with E-state index in [-0.39, 0.29) is 5.95 Å². The van der Waals surface area contributed by atoms with Crippen LogP contribution in [0.2, 0.25) is 5.15 Å². The molecule has 0 aromatic carbocycles. The standard InChI is InChI=1S/C9H13ClN4/c1-2-3-4-5-12-8-6-7(10)13-9(11)14-8/h2-3,6H,4-5H2,1H3,(H3,11,12,13,14)/b3-2+. The Morgan fingerprint density at radius 1 is 1.57 bits per heavy atom. The predicted molar refractivity (Wildman–Crippen MR) is 59.4 cm³/mol. The van der Waals surface area contributed by atoms with Crippen molar-refractivity contribution in [2.45, 2.75) is 13.3 Å². The Hall–Kier alpha value is -1.29. The van der Waals surface area contributed by atoms with E-state index in [0.29, 0.717) is 11.0 Å². The van der Waals surface area contributed by atoms with E-state index < -0.39 is 0 Å². The Labute approximate surface area is 88.2 Å². The van der Waals surface area contributed by atoms with Crippen LogP contribution in [0, 0.1) is 0 Å². The summed E-state index contributed by atoms with van der Waals surface area (Å²) in [6.07, 6.45) is 5.01. The van der Waals surface area contributed by atoms with Crippen molar-refractivity contribution in [1.82, 2.24) is 9.97 Å². The summed E-state index contributed by atoms with van der Waals surface area (Å²) in [7, 11) is 0. The molecule has 5 heteroatoms. The van der Waals surface area contributed by atoms with Gasteiger partial charge >= 0.3 is 0 Å². The van der Waals surface area contributed by atoms with Crippen molar-refractivity contribution in [2.24, 2.45) is 0 Å². The monoisotopic (exact) mass is 212 g/mol. The number of nitrogens with zero attached hydrogens (tertiary/aromatic N) is 2. The van der Waals surface area contributed by atoms with Crippen LogP contribution >= 0.6 is 11.6 Å². The lowest BCUT2D eigenvalue weighted by atomic mass is 10.4. The van der Waals surface area contributed by atoms with Crippen LogP contribution in [-0.4, -0.2) is 16.5 Å². The fourth-order valence-electron chi connectivity index (χ4n) is 0.976. The van der Waals surface area contributed by atoms with Crippen LogP contribution in [0.5, 0.6) is 0 Å². The van der Waals surface area contributed by atoms with E-state index >= 15 is 0 Å². The minimum atomic E-state index is 0.186. The third-order valence-corrected chi connectivity index (χ3v) is 1.76. The van der Waals surface area contributed by atoms with E-state index in [4.69, 9.17) is 17.3 Å². The molecule has 14 heavy (non-hydrogen) atoms. The summed E-state index contributed by atoms with van der Waals surface area (Å²) < 4.78 is 0. The third kappa shape index (κ3) is 3.62. The van der Waals surface area contributed by atoms with Crippen molar-refractivity contribution in [3.8, 4) is 0 Å². The average Bonchev–Trinajstić information content (AvgIpc) is 2.11. The van der Waals surface area contributed by atoms with E-state index in [9.17, 15) is 0 Å². The van der Waals surface area contributed by atoms with Gasteiger partial charge in [-0.05, 0) is 13.3 Å². The lowest BCUT2D eigenvalue weighted by Crippen LogP contribution is -2.05. The first kappa shape index (κ1) is 10.8. The number of hydrogen-bond acceptors (Lipinski definition) is 4. The molecule has 0 saturated heterocycles. The molecule has 1 heterocycles. The normalized spacial score (nSPS) is 10.7. The molecule has 3 N–H and O–H groups in total. The maximum Gasteiger partial charge on any atom is 0.223 e. The quantitative estimate of drug-likeness (QED) is 0.456. The minimum absolute atomic E-state index is 0.186. The zero-order valence-corrected chi connectivity index (χ0v) is 8.75. The molecular formula is C9H13ClN4. The number of rotatable bonds is 4. The highest BCUT2D eigenvalue weighted by atomic mass is 35.5. The smallest absolute Gasteiger partial charge is 0.223 e. The van der Waals surface area contributed by atoms with Gasteiger partial charge in [0.1, 0.15) is 11.0 Å². The lowest BCUT2D eigenvalue weighted by molar-refractivity contribution is 1.04. The summed E-state index contributed by atoms with van der Waals surface area (Å²) in [5, 5.41) is 3.45. The molecule has 0 fully saturated rings. The molecule has 0 bridgehead atoms. The number of nitrogens with two attached hydrogens (primary N) is 1. The molecule has 0 spiro atoms. The van der Waals surface area contributed by atoms with Gasteiger partial charge in [-0.1, -0.05) is 23.8 Å². The highest BCUT2D eigenvalue weighted by molar-refractivity contribution is 6.29. The number of anilines is 2. The fourth-order valence-corrected chi connectivity index (χ4v) is 1.17. The molecule has 76 valence electrons. The molecule has 0 atom stereocenters. The zero-order chi connectivity index (χ0) is 10.4. The van der Waals surface area contributed by atoms with Gasteiger partial charge in [-0.25, -0.2) is 4.98 Å². The molecule has 0 radical (unpaired) electrons. The summed E-state index contributed by atoms with van der Waals surface area (Å²) in [6, 6.07) is 1.65. The Bertz CT molecular complexity index is 304. The molecule has 0 aliphatic rings. The van der Waals surface area contributed by atoms with Gasteiger partial charge in [-0.15, -0.1) is 0 Å². The van der Waals surface area contributed by atoms with Crippen LogP contribution in [0.3, 0.4) is 0 Å². The average molecular weight is 213 g/mol. The van der Waals surface area contributed by atoms with Gasteiger partial charge in [0, 0.05) is 12.6 Å². The Morgan fingerprint density at radius 3 is 3.00 bits per heavy atom. The number of hydrogen-bond donors (Lipinski definition) is 2. The molecule has 1 rings (SSSR count). The SMILES string of the molecule is C/C=C/CCNc1cc(Cl)nc(N)n1. The zero-order valence-electron chi connectivity index (χ0n) is 8.00. The predicted octanol–water partition coefficient (Wildman–Crippen LogP) is 2.09. The minimum Gasteiger partial charge on any atom is -0.370 e. The molecule has 0 unspecified atom stereocenters. The summed E-state index contributed by atoms with van der Waals surface area (Å²) in [5.41, 5.74) is 5.43. The first-order valence-electron chi connectivity index (χ1n) is 4.37. The molecule has 0 aliphatic heterocycles. The summed E-state index contributed by atoms with van der Waals surface area (Å²) in [6.45, 7) is 2.79. The van der Waals surface area contributed by atoms with Gasteiger partial charge in [0.2, 0.25) is 5.95 Å². The van der Waals surface area contributed by atoms with Crippen LogP contribution < -0.4 is 11.1 Å². The van der Waals surface area contributed by atoms with Gasteiger partial charge in [0.15, 0.2) is 0 Å². The summed E-state index contributed by atoms with van der Waals surface area (Å²) >= 11 is 5.71. The van der Waals surface area contributed by atoms with Gasteiger partial charge in [-0.3, -0.25) is 0 Å². The summed E-state index contributed by atoms with van der Waals surface area (Å²) in [5.74, 6) is 0.845. The Balaban J connectivity index is 2.50. The van der Waals surface area contributed by atoms with Crippen molar-refractivity contribution in [3.05, 3.63) is 23.4 Å². The maximum absolute atomic E-state index is 5.71. The number of nitrogens with one attached hydrogen (secondary N) is 1. The second-order valence-corrected chi connectivity index (χ2v) is 3.11. The number of nitrogen functional groups attached to an aromatic ring is 1. The number of allylic oxidation sites excluding steroid dienone is 1. The molecule has 4 nitrogen and oxygen atoms in total. The highest BCUT2D eigenvalue weighted by Crippen LogP contribution is 2.12. The second-order valence-electron chi connectivity index (χ2n) is 2.72. The van der Waals surface area contributed by atoms with Crippen LogP contribution in [0.25, 0.3) is 0 Å². The van der Waals surface area contributed by atoms with Crippen molar-refractivity contribution in [1.29, 1.82) is 0 Å². The van der Waals surface area contributed by atoms with E-state index in [1.807, 2.05) is 13.0 Å². The van der Waals surface area contributed by atoms with Crippen LogP contribution in [0.4, 0.5) is 11.8 Å². The van der Waals surface area contributed by atoms with Gasteiger partial charge < -0.3 is 11.1 Å². The van der Waals surface area contributed by atoms with Crippen LogP contribution in [0.15, 0.2) is 18.2 Å². The Morgan fingerprint density at radius 2 is 2.36 bits per heavy atom. The maximum atomic E-state index is 5.71. The van der Waals surface area contributed by atoms with Gasteiger partial charge in [-0.2, -0.15) is 4.98 Å². The number of aromatic nitrogens is 2. The first-order chi connectivity index (χ1) is 6.72. The van der Waals surface area contributed by atoms with Crippen molar-refractivity contribution < 1.29 is 0 Å². The van der Waals surface area contributed by atoms with Crippen LogP contribution in [0.1, 0.15) is 13.3 Å². The first-order valence-corrected chi connectivity index (χ1v) is 4.75.